The molecule has 3 rings (SSSR count). The summed E-state index contributed by atoms with van der Waals surface area (Å²) < 4.78 is 5.11. The number of nitrogens with zero attached hydrogens (tertiary/aromatic N) is 1. The van der Waals surface area contributed by atoms with Gasteiger partial charge in [0.1, 0.15) is 5.75 Å². The van der Waals surface area contributed by atoms with E-state index >= 15 is 0 Å². The third kappa shape index (κ3) is 4.04. The monoisotopic (exact) mass is 393 g/mol. The van der Waals surface area contributed by atoms with Crippen molar-refractivity contribution >= 4 is 35.0 Å². The van der Waals surface area contributed by atoms with Crippen molar-refractivity contribution in [2.24, 2.45) is 0 Å². The Bertz CT molecular complexity index is 884. The molecule has 0 aliphatic heterocycles. The van der Waals surface area contributed by atoms with Gasteiger partial charge >= 0.3 is 0 Å². The lowest BCUT2D eigenvalue weighted by atomic mass is 10.2. The summed E-state index contributed by atoms with van der Waals surface area (Å²) in [4.78, 5) is 32.0. The highest BCUT2D eigenvalue weighted by molar-refractivity contribution is 8.00. The number of rotatable bonds is 6. The molecular formula is C18H20ClN3O3S. The van der Waals surface area contributed by atoms with E-state index in [-0.39, 0.29) is 16.7 Å². The molecule has 8 heteroatoms. The molecule has 6 nitrogen and oxygen atoms in total. The van der Waals surface area contributed by atoms with Crippen molar-refractivity contribution in [3.05, 3.63) is 44.8 Å². The lowest BCUT2D eigenvalue weighted by molar-refractivity contribution is -0.115. The van der Waals surface area contributed by atoms with E-state index in [1.54, 1.807) is 18.2 Å². The molecule has 138 valence electrons. The fourth-order valence-corrected chi connectivity index (χ4v) is 4.07. The Hall–Kier alpha value is -1.99. The summed E-state index contributed by atoms with van der Waals surface area (Å²) in [7, 11) is 1.54. The summed E-state index contributed by atoms with van der Waals surface area (Å²) in [5.41, 5.74) is 2.13. The van der Waals surface area contributed by atoms with E-state index in [1.165, 1.54) is 18.9 Å². The highest BCUT2D eigenvalue weighted by Gasteiger charge is 2.22. The van der Waals surface area contributed by atoms with Crippen molar-refractivity contribution < 1.29 is 9.53 Å². The second kappa shape index (κ2) is 8.14. The van der Waals surface area contributed by atoms with Crippen LogP contribution in [-0.4, -0.2) is 28.2 Å². The number of nitrogens with one attached hydrogen (secondary N) is 2. The van der Waals surface area contributed by atoms with Crippen LogP contribution in [0.25, 0.3) is 0 Å². The minimum absolute atomic E-state index is 0.0906. The summed E-state index contributed by atoms with van der Waals surface area (Å²) in [6.45, 7) is 1.92. The van der Waals surface area contributed by atoms with Crippen LogP contribution in [0.4, 0.5) is 5.69 Å². The number of benzene rings is 1. The number of fused-ring (bicyclic) bond motifs is 1. The van der Waals surface area contributed by atoms with Crippen molar-refractivity contribution in [1.82, 2.24) is 9.97 Å². The Labute approximate surface area is 160 Å². The van der Waals surface area contributed by atoms with E-state index in [0.717, 1.165) is 30.5 Å². The molecule has 1 aliphatic carbocycles. The minimum Gasteiger partial charge on any atom is -0.495 e. The Morgan fingerprint density at radius 1 is 1.46 bits per heavy atom. The normalized spacial score (nSPS) is 14.0. The summed E-state index contributed by atoms with van der Waals surface area (Å²) >= 11 is 7.37. The number of carbonyl (C=O) groups is 1. The van der Waals surface area contributed by atoms with Gasteiger partial charge in [0.05, 0.1) is 23.1 Å². The molecule has 0 saturated carbocycles. The van der Waals surface area contributed by atoms with Gasteiger partial charge in [-0.25, -0.2) is 4.98 Å². The van der Waals surface area contributed by atoms with Gasteiger partial charge in [-0.05, 0) is 43.9 Å². The van der Waals surface area contributed by atoms with E-state index in [1.807, 2.05) is 6.92 Å². The molecule has 0 fully saturated rings. The second-order valence-corrected chi connectivity index (χ2v) is 7.60. The maximum absolute atomic E-state index is 12.6. The average Bonchev–Trinajstić information content (AvgIpc) is 3.09. The van der Waals surface area contributed by atoms with Gasteiger partial charge in [0, 0.05) is 11.3 Å². The number of aromatic nitrogens is 2. The lowest BCUT2D eigenvalue weighted by Crippen LogP contribution is -2.25. The van der Waals surface area contributed by atoms with E-state index in [9.17, 15) is 9.59 Å². The first kappa shape index (κ1) is 18.8. The van der Waals surface area contributed by atoms with E-state index in [2.05, 4.69) is 15.3 Å². The van der Waals surface area contributed by atoms with Crippen LogP contribution in [-0.2, 0) is 17.6 Å². The summed E-state index contributed by atoms with van der Waals surface area (Å²) in [5.74, 6) is 0.382. The molecule has 1 aromatic carbocycles. The number of carbonyl (C=O) groups excluding carboxylic acids is 1. The smallest absolute Gasteiger partial charge is 0.254 e. The van der Waals surface area contributed by atoms with Gasteiger partial charge < -0.3 is 15.0 Å². The number of halogens is 1. The summed E-state index contributed by atoms with van der Waals surface area (Å²) in [6, 6.07) is 5.08. The Kier molecular flexibility index (Phi) is 5.88. The van der Waals surface area contributed by atoms with Crippen LogP contribution in [0.3, 0.4) is 0 Å². The van der Waals surface area contributed by atoms with Crippen LogP contribution in [0.2, 0.25) is 5.02 Å². The average molecular weight is 394 g/mol. The first-order valence-electron chi connectivity index (χ1n) is 8.45. The fourth-order valence-electron chi connectivity index (χ4n) is 2.90. The quantitative estimate of drug-likeness (QED) is 0.580. The first-order chi connectivity index (χ1) is 12.5. The number of amides is 1. The van der Waals surface area contributed by atoms with Gasteiger partial charge in [-0.2, -0.15) is 0 Å². The summed E-state index contributed by atoms with van der Waals surface area (Å²) in [5, 5.41) is 3.39. The number of aryl methyl sites for hydroxylation is 1. The molecule has 1 unspecified atom stereocenters. The van der Waals surface area contributed by atoms with Crippen molar-refractivity contribution in [1.29, 1.82) is 0 Å². The maximum Gasteiger partial charge on any atom is 0.254 e. The van der Waals surface area contributed by atoms with Crippen LogP contribution in [0, 0.1) is 0 Å². The molecule has 26 heavy (non-hydrogen) atoms. The van der Waals surface area contributed by atoms with Crippen molar-refractivity contribution in [3.8, 4) is 5.75 Å². The van der Waals surface area contributed by atoms with E-state index in [0.29, 0.717) is 28.0 Å². The van der Waals surface area contributed by atoms with Crippen molar-refractivity contribution in [2.45, 2.75) is 43.0 Å². The fraction of sp³-hybridized carbons (Fsp3) is 0.389. The molecule has 0 radical (unpaired) electrons. The van der Waals surface area contributed by atoms with Crippen LogP contribution >= 0.6 is 23.4 Å². The SMILES string of the molecule is CCC(Sc1nc2c(c(=O)[nH]1)CCC2)C(=O)Nc1ccc(OC)c(Cl)c1. The van der Waals surface area contributed by atoms with E-state index in [4.69, 9.17) is 16.3 Å². The molecule has 1 aliphatic rings. The standard InChI is InChI=1S/C18H20ClN3O3S/c1-3-15(17(24)20-10-7-8-14(25-2)12(19)9-10)26-18-21-13-6-4-5-11(13)16(23)22-18/h7-9,15H,3-6H2,1-2H3,(H,20,24)(H,21,22,23). The van der Waals surface area contributed by atoms with Crippen LogP contribution < -0.4 is 15.6 Å². The Morgan fingerprint density at radius 3 is 2.96 bits per heavy atom. The zero-order valence-corrected chi connectivity index (χ0v) is 16.2. The third-order valence-corrected chi connectivity index (χ3v) is 5.80. The van der Waals surface area contributed by atoms with Crippen molar-refractivity contribution in [3.63, 3.8) is 0 Å². The highest BCUT2D eigenvalue weighted by atomic mass is 35.5. The number of ether oxygens (including phenoxy) is 1. The Balaban J connectivity index is 1.72. The molecular weight excluding hydrogens is 374 g/mol. The molecule has 0 spiro atoms. The predicted octanol–water partition coefficient (Wildman–Crippen LogP) is 3.43. The topological polar surface area (TPSA) is 84.1 Å². The van der Waals surface area contributed by atoms with Crippen LogP contribution in [0.1, 0.15) is 31.0 Å². The number of hydrogen-bond acceptors (Lipinski definition) is 5. The third-order valence-electron chi connectivity index (χ3n) is 4.26. The number of thioether (sulfide) groups is 1. The molecule has 0 bridgehead atoms. The molecule has 2 N–H and O–H groups in total. The van der Waals surface area contributed by atoms with Crippen LogP contribution in [0.15, 0.2) is 28.2 Å². The number of methoxy groups -OCH3 is 1. The molecule has 1 heterocycles. The summed E-state index contributed by atoms with van der Waals surface area (Å²) in [6.07, 6.45) is 3.15. The van der Waals surface area contributed by atoms with Gasteiger partial charge in [0.15, 0.2) is 5.16 Å². The zero-order chi connectivity index (χ0) is 18.7. The van der Waals surface area contributed by atoms with Gasteiger partial charge in [0.2, 0.25) is 5.91 Å². The van der Waals surface area contributed by atoms with Gasteiger partial charge in [-0.15, -0.1) is 0 Å². The minimum atomic E-state index is -0.376. The van der Waals surface area contributed by atoms with Crippen molar-refractivity contribution in [2.75, 3.05) is 12.4 Å². The lowest BCUT2D eigenvalue weighted by Gasteiger charge is -2.15. The van der Waals surface area contributed by atoms with Crippen LogP contribution in [0.5, 0.6) is 5.75 Å². The molecule has 1 amide bonds. The highest BCUT2D eigenvalue weighted by Crippen LogP contribution is 2.29. The van der Waals surface area contributed by atoms with E-state index < -0.39 is 0 Å². The molecule has 2 aromatic rings. The maximum atomic E-state index is 12.6. The largest absolute Gasteiger partial charge is 0.495 e. The second-order valence-electron chi connectivity index (χ2n) is 6.00. The molecule has 0 saturated heterocycles. The number of anilines is 1. The Morgan fingerprint density at radius 2 is 2.27 bits per heavy atom. The molecule has 1 atom stereocenters. The van der Waals surface area contributed by atoms with Gasteiger partial charge in [-0.1, -0.05) is 30.3 Å². The zero-order valence-electron chi connectivity index (χ0n) is 14.6. The number of H-pyrrole nitrogens is 1. The van der Waals surface area contributed by atoms with Gasteiger partial charge in [-0.3, -0.25) is 9.59 Å². The first-order valence-corrected chi connectivity index (χ1v) is 9.70. The number of hydrogen-bond donors (Lipinski definition) is 2. The number of aromatic amines is 1. The predicted molar refractivity (Wildman–Crippen MR) is 103 cm³/mol. The van der Waals surface area contributed by atoms with Gasteiger partial charge in [0.25, 0.3) is 5.56 Å². The molecule has 1 aromatic heterocycles.